The molecule has 1 aromatic rings. The maximum absolute atomic E-state index is 3.67. The van der Waals surface area contributed by atoms with Crippen molar-refractivity contribution in [2.45, 2.75) is 51.0 Å². The standard InChI is InChI=1S/C16H23N/c1-15(2,3)17-11-13-10-16(13)9-8-12-6-4-5-7-14(12)16/h4-7,13,17H,8-11H2,1-3H3. The second-order valence-corrected chi connectivity index (χ2v) is 6.85. The van der Waals surface area contributed by atoms with Gasteiger partial charge in [-0.15, -0.1) is 0 Å². The fourth-order valence-corrected chi connectivity index (χ4v) is 3.43. The van der Waals surface area contributed by atoms with Crippen molar-refractivity contribution in [2.75, 3.05) is 6.54 Å². The minimum atomic E-state index is 0.252. The van der Waals surface area contributed by atoms with Crippen LogP contribution in [0, 0.1) is 5.92 Å². The van der Waals surface area contributed by atoms with Crippen LogP contribution in [0.15, 0.2) is 24.3 Å². The van der Waals surface area contributed by atoms with E-state index in [-0.39, 0.29) is 5.54 Å². The van der Waals surface area contributed by atoms with Gasteiger partial charge in [-0.25, -0.2) is 0 Å². The fourth-order valence-electron chi connectivity index (χ4n) is 3.43. The van der Waals surface area contributed by atoms with Crippen LogP contribution >= 0.6 is 0 Å². The van der Waals surface area contributed by atoms with Gasteiger partial charge in [0, 0.05) is 11.0 Å². The molecule has 2 unspecified atom stereocenters. The lowest BCUT2D eigenvalue weighted by atomic mass is 9.95. The highest BCUT2D eigenvalue weighted by Crippen LogP contribution is 2.61. The lowest BCUT2D eigenvalue weighted by molar-refractivity contribution is 0.402. The molecule has 0 heterocycles. The van der Waals surface area contributed by atoms with E-state index in [0.29, 0.717) is 5.41 Å². The van der Waals surface area contributed by atoms with E-state index in [1.54, 1.807) is 11.1 Å². The lowest BCUT2D eigenvalue weighted by Gasteiger charge is -2.21. The van der Waals surface area contributed by atoms with Gasteiger partial charge in [-0.1, -0.05) is 24.3 Å². The van der Waals surface area contributed by atoms with Gasteiger partial charge >= 0.3 is 0 Å². The molecule has 0 aliphatic heterocycles. The van der Waals surface area contributed by atoms with Gasteiger partial charge in [-0.3, -0.25) is 0 Å². The van der Waals surface area contributed by atoms with Crippen LogP contribution in [0.4, 0.5) is 0 Å². The van der Waals surface area contributed by atoms with Crippen LogP contribution in [0.3, 0.4) is 0 Å². The number of hydrogen-bond acceptors (Lipinski definition) is 1. The second kappa shape index (κ2) is 3.58. The number of fused-ring (bicyclic) bond motifs is 2. The van der Waals surface area contributed by atoms with Gasteiger partial charge in [0.2, 0.25) is 0 Å². The Morgan fingerprint density at radius 3 is 2.82 bits per heavy atom. The number of hydrogen-bond donors (Lipinski definition) is 1. The maximum Gasteiger partial charge on any atom is 0.00966 e. The predicted molar refractivity (Wildman–Crippen MR) is 72.3 cm³/mol. The van der Waals surface area contributed by atoms with Gasteiger partial charge in [-0.05, 0) is 63.6 Å². The van der Waals surface area contributed by atoms with Crippen LogP contribution < -0.4 is 5.32 Å². The molecular formula is C16H23N. The van der Waals surface area contributed by atoms with E-state index in [0.717, 1.165) is 5.92 Å². The van der Waals surface area contributed by atoms with Crippen molar-refractivity contribution in [2.24, 2.45) is 5.92 Å². The Morgan fingerprint density at radius 1 is 1.29 bits per heavy atom. The molecule has 0 saturated heterocycles. The van der Waals surface area contributed by atoms with Gasteiger partial charge in [0.25, 0.3) is 0 Å². The van der Waals surface area contributed by atoms with Crippen LogP contribution in [-0.2, 0) is 11.8 Å². The summed E-state index contributed by atoms with van der Waals surface area (Å²) in [5, 5.41) is 3.67. The van der Waals surface area contributed by atoms with Crippen LogP contribution in [0.25, 0.3) is 0 Å². The first-order valence-corrected chi connectivity index (χ1v) is 6.85. The van der Waals surface area contributed by atoms with Crippen LogP contribution in [0.1, 0.15) is 44.7 Å². The highest BCUT2D eigenvalue weighted by Gasteiger charge is 2.57. The average molecular weight is 229 g/mol. The van der Waals surface area contributed by atoms with Gasteiger partial charge in [0.1, 0.15) is 0 Å². The average Bonchev–Trinajstić information content (AvgIpc) is 2.85. The van der Waals surface area contributed by atoms with Crippen LogP contribution in [-0.4, -0.2) is 12.1 Å². The summed E-state index contributed by atoms with van der Waals surface area (Å²) < 4.78 is 0. The fraction of sp³-hybridized carbons (Fsp3) is 0.625. The van der Waals surface area contributed by atoms with E-state index in [4.69, 9.17) is 0 Å². The minimum Gasteiger partial charge on any atom is -0.312 e. The number of benzene rings is 1. The zero-order valence-electron chi connectivity index (χ0n) is 11.2. The third-order valence-electron chi connectivity index (χ3n) is 4.51. The van der Waals surface area contributed by atoms with Crippen molar-refractivity contribution in [3.63, 3.8) is 0 Å². The van der Waals surface area contributed by atoms with Gasteiger partial charge < -0.3 is 5.32 Å². The molecule has 1 saturated carbocycles. The van der Waals surface area contributed by atoms with E-state index in [1.807, 2.05) is 0 Å². The number of nitrogens with one attached hydrogen (secondary N) is 1. The van der Waals surface area contributed by atoms with E-state index < -0.39 is 0 Å². The molecule has 1 heteroatoms. The summed E-state index contributed by atoms with van der Waals surface area (Å²) in [6, 6.07) is 9.07. The van der Waals surface area contributed by atoms with Crippen molar-refractivity contribution in [1.82, 2.24) is 5.32 Å². The molecule has 3 rings (SSSR count). The molecule has 0 radical (unpaired) electrons. The molecule has 0 amide bonds. The Kier molecular flexibility index (Phi) is 2.38. The molecule has 1 spiro atoms. The molecule has 17 heavy (non-hydrogen) atoms. The molecule has 1 nitrogen and oxygen atoms in total. The summed E-state index contributed by atoms with van der Waals surface area (Å²) >= 11 is 0. The molecule has 1 aromatic carbocycles. The predicted octanol–water partition coefficient (Wildman–Crippen LogP) is 3.28. The highest BCUT2D eigenvalue weighted by molar-refractivity contribution is 5.45. The Hall–Kier alpha value is -0.820. The molecule has 2 aliphatic carbocycles. The minimum absolute atomic E-state index is 0.252. The normalized spacial score (nSPS) is 30.6. The number of rotatable bonds is 2. The Morgan fingerprint density at radius 2 is 2.06 bits per heavy atom. The van der Waals surface area contributed by atoms with Crippen LogP contribution in [0.2, 0.25) is 0 Å². The Balaban J connectivity index is 1.72. The SMILES string of the molecule is CC(C)(C)NCC1CC12CCc1ccccc12. The van der Waals surface area contributed by atoms with Crippen molar-refractivity contribution >= 4 is 0 Å². The number of aryl methyl sites for hydroxylation is 1. The zero-order valence-corrected chi connectivity index (χ0v) is 11.2. The van der Waals surface area contributed by atoms with E-state index in [1.165, 1.54) is 25.8 Å². The van der Waals surface area contributed by atoms with Crippen molar-refractivity contribution in [1.29, 1.82) is 0 Å². The summed E-state index contributed by atoms with van der Waals surface area (Å²) in [6.07, 6.45) is 4.07. The van der Waals surface area contributed by atoms with E-state index in [9.17, 15) is 0 Å². The van der Waals surface area contributed by atoms with E-state index >= 15 is 0 Å². The van der Waals surface area contributed by atoms with Crippen molar-refractivity contribution in [3.8, 4) is 0 Å². The first-order valence-electron chi connectivity index (χ1n) is 6.85. The van der Waals surface area contributed by atoms with Gasteiger partial charge in [0.15, 0.2) is 0 Å². The summed E-state index contributed by atoms with van der Waals surface area (Å²) in [7, 11) is 0. The summed E-state index contributed by atoms with van der Waals surface area (Å²) in [5.74, 6) is 0.866. The topological polar surface area (TPSA) is 12.0 Å². The molecule has 2 atom stereocenters. The summed E-state index contributed by atoms with van der Waals surface area (Å²) in [5.41, 5.74) is 4.06. The van der Waals surface area contributed by atoms with Crippen molar-refractivity contribution < 1.29 is 0 Å². The van der Waals surface area contributed by atoms with Gasteiger partial charge in [-0.2, -0.15) is 0 Å². The maximum atomic E-state index is 3.67. The monoisotopic (exact) mass is 229 g/mol. The molecule has 0 aromatic heterocycles. The molecule has 1 fully saturated rings. The van der Waals surface area contributed by atoms with Crippen molar-refractivity contribution in [3.05, 3.63) is 35.4 Å². The first kappa shape index (κ1) is 11.3. The smallest absolute Gasteiger partial charge is 0.00966 e. The molecular weight excluding hydrogens is 206 g/mol. The van der Waals surface area contributed by atoms with Crippen LogP contribution in [0.5, 0.6) is 0 Å². The first-order chi connectivity index (χ1) is 8.01. The molecule has 1 N–H and O–H groups in total. The van der Waals surface area contributed by atoms with E-state index in [2.05, 4.69) is 50.4 Å². The zero-order chi connectivity index (χ0) is 12.1. The molecule has 2 aliphatic rings. The summed E-state index contributed by atoms with van der Waals surface area (Å²) in [4.78, 5) is 0. The molecule has 0 bridgehead atoms. The Bertz CT molecular complexity index is 429. The Labute approximate surface area is 105 Å². The largest absolute Gasteiger partial charge is 0.312 e. The third-order valence-corrected chi connectivity index (χ3v) is 4.51. The van der Waals surface area contributed by atoms with Gasteiger partial charge in [0.05, 0.1) is 0 Å². The quantitative estimate of drug-likeness (QED) is 0.820. The molecule has 92 valence electrons. The third kappa shape index (κ3) is 1.91. The highest BCUT2D eigenvalue weighted by atomic mass is 15.0. The second-order valence-electron chi connectivity index (χ2n) is 6.85. The lowest BCUT2D eigenvalue weighted by Crippen LogP contribution is -2.38. The summed E-state index contributed by atoms with van der Waals surface area (Å²) in [6.45, 7) is 7.94.